The molecule has 2 rings (SSSR count). The Bertz CT molecular complexity index is 480. The first-order chi connectivity index (χ1) is 6.16. The third-order valence-corrected chi connectivity index (χ3v) is 1.71. The summed E-state index contributed by atoms with van der Waals surface area (Å²) in [6.07, 6.45) is 1.36. The molecule has 0 radical (unpaired) electrons. The number of carboxylic acids is 1. The van der Waals surface area contributed by atoms with Crippen LogP contribution in [0.5, 0.6) is 0 Å². The second-order valence-corrected chi connectivity index (χ2v) is 2.74. The molecule has 0 saturated heterocycles. The Hall–Kier alpha value is -1.62. The van der Waals surface area contributed by atoms with E-state index in [0.29, 0.717) is 5.65 Å². The SMILES string of the molecule is O=C(O)c1ccc2nc(Cl)nn2c1. The van der Waals surface area contributed by atoms with Crippen LogP contribution in [0, 0.1) is 0 Å². The van der Waals surface area contributed by atoms with Crippen molar-refractivity contribution in [1.29, 1.82) is 0 Å². The normalized spacial score (nSPS) is 10.5. The maximum absolute atomic E-state index is 10.6. The first kappa shape index (κ1) is 8.00. The zero-order chi connectivity index (χ0) is 9.42. The number of fused-ring (bicyclic) bond motifs is 1. The summed E-state index contributed by atoms with van der Waals surface area (Å²) in [5.74, 6) is -1.01. The number of aromatic carboxylic acids is 1. The number of halogens is 1. The number of carboxylic acid groups (broad SMARTS) is 1. The van der Waals surface area contributed by atoms with Crippen molar-refractivity contribution in [2.24, 2.45) is 0 Å². The van der Waals surface area contributed by atoms with Crippen LogP contribution in [0.4, 0.5) is 0 Å². The highest BCUT2D eigenvalue weighted by atomic mass is 35.5. The molecule has 0 fully saturated rings. The molecule has 0 saturated carbocycles. The lowest BCUT2D eigenvalue weighted by Crippen LogP contribution is -1.99. The van der Waals surface area contributed by atoms with Gasteiger partial charge in [-0.2, -0.15) is 4.98 Å². The molecule has 6 heteroatoms. The van der Waals surface area contributed by atoms with Gasteiger partial charge in [-0.25, -0.2) is 9.31 Å². The zero-order valence-electron chi connectivity index (χ0n) is 6.31. The number of pyridine rings is 1. The fraction of sp³-hybridized carbons (Fsp3) is 0. The van der Waals surface area contributed by atoms with E-state index in [0.717, 1.165) is 0 Å². The highest BCUT2D eigenvalue weighted by Gasteiger charge is 2.05. The van der Waals surface area contributed by atoms with E-state index in [1.54, 1.807) is 6.07 Å². The van der Waals surface area contributed by atoms with Gasteiger partial charge in [0.2, 0.25) is 5.28 Å². The number of hydrogen-bond donors (Lipinski definition) is 1. The molecule has 1 N–H and O–H groups in total. The van der Waals surface area contributed by atoms with Gasteiger partial charge in [0, 0.05) is 6.20 Å². The number of nitrogens with zero attached hydrogens (tertiary/aromatic N) is 3. The maximum Gasteiger partial charge on any atom is 0.337 e. The van der Waals surface area contributed by atoms with Gasteiger partial charge < -0.3 is 5.11 Å². The van der Waals surface area contributed by atoms with Crippen LogP contribution >= 0.6 is 11.6 Å². The molecule has 0 aliphatic rings. The molecular formula is C7H4ClN3O2. The molecule has 0 bridgehead atoms. The molecule has 2 aromatic rings. The van der Waals surface area contributed by atoms with Gasteiger partial charge in [0.25, 0.3) is 0 Å². The van der Waals surface area contributed by atoms with Crippen LogP contribution in [-0.4, -0.2) is 25.7 Å². The van der Waals surface area contributed by atoms with Crippen molar-refractivity contribution in [3.05, 3.63) is 29.2 Å². The lowest BCUT2D eigenvalue weighted by molar-refractivity contribution is 0.0696. The smallest absolute Gasteiger partial charge is 0.337 e. The molecule has 66 valence electrons. The highest BCUT2D eigenvalue weighted by molar-refractivity contribution is 6.28. The molecule has 0 atom stereocenters. The van der Waals surface area contributed by atoms with Crippen molar-refractivity contribution in [2.45, 2.75) is 0 Å². The Morgan fingerprint density at radius 2 is 2.31 bits per heavy atom. The minimum Gasteiger partial charge on any atom is -0.478 e. The molecule has 5 nitrogen and oxygen atoms in total. The van der Waals surface area contributed by atoms with Crippen LogP contribution in [-0.2, 0) is 0 Å². The minimum atomic E-state index is -1.01. The van der Waals surface area contributed by atoms with E-state index in [1.807, 2.05) is 0 Å². The van der Waals surface area contributed by atoms with E-state index in [4.69, 9.17) is 16.7 Å². The monoisotopic (exact) mass is 197 g/mol. The summed E-state index contributed by atoms with van der Waals surface area (Å²) in [4.78, 5) is 14.4. The van der Waals surface area contributed by atoms with Crippen molar-refractivity contribution in [1.82, 2.24) is 14.6 Å². The van der Waals surface area contributed by atoms with E-state index in [1.165, 1.54) is 16.8 Å². The van der Waals surface area contributed by atoms with Crippen LogP contribution in [0.1, 0.15) is 10.4 Å². The first-order valence-corrected chi connectivity index (χ1v) is 3.80. The summed E-state index contributed by atoms with van der Waals surface area (Å²) in [6.45, 7) is 0. The summed E-state index contributed by atoms with van der Waals surface area (Å²) in [6, 6.07) is 2.99. The largest absolute Gasteiger partial charge is 0.478 e. The van der Waals surface area contributed by atoms with Crippen molar-refractivity contribution in [3.63, 3.8) is 0 Å². The maximum atomic E-state index is 10.6. The quantitative estimate of drug-likeness (QED) is 0.743. The van der Waals surface area contributed by atoms with E-state index in [9.17, 15) is 4.79 Å². The van der Waals surface area contributed by atoms with Gasteiger partial charge >= 0.3 is 5.97 Å². The predicted octanol–water partition coefficient (Wildman–Crippen LogP) is 1.08. The number of carbonyl (C=O) groups is 1. The second kappa shape index (κ2) is 2.70. The van der Waals surface area contributed by atoms with E-state index in [2.05, 4.69) is 10.1 Å². The molecule has 2 heterocycles. The van der Waals surface area contributed by atoms with Gasteiger partial charge in [-0.1, -0.05) is 0 Å². The van der Waals surface area contributed by atoms with E-state index >= 15 is 0 Å². The van der Waals surface area contributed by atoms with Gasteiger partial charge in [0.05, 0.1) is 5.56 Å². The Morgan fingerprint density at radius 1 is 1.54 bits per heavy atom. The summed E-state index contributed by atoms with van der Waals surface area (Å²) in [5.41, 5.74) is 0.670. The fourth-order valence-corrected chi connectivity index (χ4v) is 1.15. The van der Waals surface area contributed by atoms with Crippen molar-refractivity contribution in [2.75, 3.05) is 0 Å². The summed E-state index contributed by atoms with van der Waals surface area (Å²) in [7, 11) is 0. The second-order valence-electron chi connectivity index (χ2n) is 2.41. The molecule has 13 heavy (non-hydrogen) atoms. The number of rotatable bonds is 1. The third kappa shape index (κ3) is 1.33. The molecule has 0 aromatic carbocycles. The summed E-state index contributed by atoms with van der Waals surface area (Å²) < 4.78 is 1.33. The topological polar surface area (TPSA) is 67.5 Å². The van der Waals surface area contributed by atoms with Crippen LogP contribution in [0.3, 0.4) is 0 Å². The van der Waals surface area contributed by atoms with Crippen LogP contribution in [0.2, 0.25) is 5.28 Å². The molecule has 0 aliphatic carbocycles. The minimum absolute atomic E-state index is 0.0996. The van der Waals surface area contributed by atoms with Crippen molar-refractivity contribution < 1.29 is 9.90 Å². The Morgan fingerprint density at radius 3 is 3.00 bits per heavy atom. The summed E-state index contributed by atoms with van der Waals surface area (Å²) >= 11 is 5.52. The average molecular weight is 198 g/mol. The zero-order valence-corrected chi connectivity index (χ0v) is 7.06. The Labute approximate surface area is 77.6 Å². The molecule has 2 aromatic heterocycles. The Kier molecular flexibility index (Phi) is 1.66. The van der Waals surface area contributed by atoms with Crippen LogP contribution in [0.15, 0.2) is 18.3 Å². The van der Waals surface area contributed by atoms with Crippen molar-refractivity contribution in [3.8, 4) is 0 Å². The van der Waals surface area contributed by atoms with Crippen LogP contribution in [0.25, 0.3) is 5.65 Å². The fourth-order valence-electron chi connectivity index (χ4n) is 0.982. The van der Waals surface area contributed by atoms with Gasteiger partial charge in [-0.05, 0) is 23.7 Å². The van der Waals surface area contributed by atoms with Gasteiger partial charge in [0.1, 0.15) is 0 Å². The molecule has 0 aliphatic heterocycles. The molecule has 0 spiro atoms. The molecular weight excluding hydrogens is 194 g/mol. The van der Waals surface area contributed by atoms with Gasteiger partial charge in [-0.3, -0.25) is 0 Å². The Balaban J connectivity index is 2.67. The lowest BCUT2D eigenvalue weighted by atomic mass is 10.3. The molecule has 0 unspecified atom stereocenters. The highest BCUT2D eigenvalue weighted by Crippen LogP contribution is 2.07. The standard InChI is InChI=1S/C7H4ClN3O2/c8-7-9-5-2-1-4(6(12)13)3-11(5)10-7/h1-3H,(H,12,13). The third-order valence-electron chi connectivity index (χ3n) is 1.55. The van der Waals surface area contributed by atoms with Gasteiger partial charge in [0.15, 0.2) is 5.65 Å². The number of aromatic nitrogens is 3. The van der Waals surface area contributed by atoms with Crippen molar-refractivity contribution >= 4 is 23.2 Å². The molecule has 0 amide bonds. The number of hydrogen-bond acceptors (Lipinski definition) is 3. The predicted molar refractivity (Wildman–Crippen MR) is 45.0 cm³/mol. The average Bonchev–Trinajstić information content (AvgIpc) is 2.42. The lowest BCUT2D eigenvalue weighted by Gasteiger charge is -1.93. The first-order valence-electron chi connectivity index (χ1n) is 3.42. The summed E-state index contributed by atoms with van der Waals surface area (Å²) in [5, 5.41) is 12.5. The van der Waals surface area contributed by atoms with E-state index < -0.39 is 5.97 Å². The van der Waals surface area contributed by atoms with Gasteiger partial charge in [-0.15, -0.1) is 5.10 Å². The van der Waals surface area contributed by atoms with Crippen LogP contribution < -0.4 is 0 Å². The van der Waals surface area contributed by atoms with E-state index in [-0.39, 0.29) is 10.8 Å².